The van der Waals surface area contributed by atoms with E-state index in [9.17, 15) is 4.79 Å². The lowest BCUT2D eigenvalue weighted by Crippen LogP contribution is -2.22. The average Bonchev–Trinajstić information content (AvgIpc) is 2.97. The van der Waals surface area contributed by atoms with E-state index in [0.29, 0.717) is 22.1 Å². The highest BCUT2D eigenvalue weighted by atomic mass is 32.2. The predicted molar refractivity (Wildman–Crippen MR) is 89.1 cm³/mol. The summed E-state index contributed by atoms with van der Waals surface area (Å²) >= 11 is 1.24. The van der Waals surface area contributed by atoms with Crippen LogP contribution in [0.1, 0.15) is 12.5 Å². The maximum Gasteiger partial charge on any atom is 0.257 e. The number of thioether (sulfide) groups is 1. The minimum absolute atomic E-state index is 0.208. The van der Waals surface area contributed by atoms with Crippen molar-refractivity contribution in [2.45, 2.75) is 17.4 Å². The molecular weight excluding hydrogens is 310 g/mol. The molecule has 2 aromatic carbocycles. The summed E-state index contributed by atoms with van der Waals surface area (Å²) < 4.78 is 5.60. The van der Waals surface area contributed by atoms with Gasteiger partial charge in [-0.1, -0.05) is 36.0 Å². The molecule has 1 aromatic heterocycles. The lowest BCUT2D eigenvalue weighted by atomic mass is 10.2. The Balaban J connectivity index is 1.71. The first-order valence-corrected chi connectivity index (χ1v) is 7.87. The van der Waals surface area contributed by atoms with Crippen LogP contribution in [0.3, 0.4) is 0 Å². The van der Waals surface area contributed by atoms with E-state index in [1.807, 2.05) is 24.3 Å². The first kappa shape index (κ1) is 15.1. The van der Waals surface area contributed by atoms with Crippen molar-refractivity contribution >= 4 is 34.5 Å². The molecule has 0 spiro atoms. The molecule has 1 N–H and O–H groups in total. The van der Waals surface area contributed by atoms with Gasteiger partial charge >= 0.3 is 0 Å². The molecule has 0 aliphatic carbocycles. The molecule has 1 heterocycles. The number of carbonyl (C=O) groups excluding carboxylic acids is 1. The molecule has 0 bridgehead atoms. The van der Waals surface area contributed by atoms with E-state index in [-0.39, 0.29) is 5.91 Å². The van der Waals surface area contributed by atoms with E-state index in [1.165, 1.54) is 11.8 Å². The van der Waals surface area contributed by atoms with Crippen molar-refractivity contribution in [2.24, 2.45) is 0 Å². The molecule has 0 unspecified atom stereocenters. The number of nitrogens with zero attached hydrogens (tertiary/aromatic N) is 2. The summed E-state index contributed by atoms with van der Waals surface area (Å²) in [5, 5.41) is 11.9. The number of benzene rings is 2. The summed E-state index contributed by atoms with van der Waals surface area (Å²) in [6.45, 7) is 1.77. The van der Waals surface area contributed by atoms with Gasteiger partial charge in [0, 0.05) is 0 Å². The first-order chi connectivity index (χ1) is 11.2. The Bertz CT molecular complexity index is 865. The fraction of sp³-hybridized carbons (Fsp3) is 0.118. The number of nitrogens with one attached hydrogen (secondary N) is 1. The van der Waals surface area contributed by atoms with Crippen LogP contribution in [0.25, 0.3) is 11.1 Å². The molecule has 0 aliphatic rings. The predicted octanol–water partition coefficient (Wildman–Crippen LogP) is 3.82. The van der Waals surface area contributed by atoms with Gasteiger partial charge in [-0.15, -0.1) is 0 Å². The summed E-state index contributed by atoms with van der Waals surface area (Å²) in [6, 6.07) is 16.4. The summed E-state index contributed by atoms with van der Waals surface area (Å²) in [4.78, 5) is 16.6. The van der Waals surface area contributed by atoms with Gasteiger partial charge in [0.1, 0.15) is 11.6 Å². The Kier molecular flexibility index (Phi) is 4.31. The number of nitriles is 1. The highest BCUT2D eigenvalue weighted by Crippen LogP contribution is 2.27. The van der Waals surface area contributed by atoms with E-state index >= 15 is 0 Å². The number of aromatic nitrogens is 1. The Morgan fingerprint density at radius 3 is 2.78 bits per heavy atom. The van der Waals surface area contributed by atoms with E-state index < -0.39 is 5.25 Å². The van der Waals surface area contributed by atoms with Gasteiger partial charge in [-0.25, -0.2) is 4.98 Å². The third-order valence-electron chi connectivity index (χ3n) is 3.23. The molecule has 3 rings (SSSR count). The second-order valence-corrected chi connectivity index (χ2v) is 6.15. The number of amides is 1. The number of hydrogen-bond donors (Lipinski definition) is 1. The monoisotopic (exact) mass is 323 g/mol. The van der Waals surface area contributed by atoms with Gasteiger partial charge in [-0.3, -0.25) is 4.79 Å². The van der Waals surface area contributed by atoms with Gasteiger partial charge in [-0.2, -0.15) is 5.26 Å². The van der Waals surface area contributed by atoms with Crippen LogP contribution < -0.4 is 5.32 Å². The van der Waals surface area contributed by atoms with Gasteiger partial charge in [0.25, 0.3) is 5.22 Å². The molecule has 0 saturated carbocycles. The summed E-state index contributed by atoms with van der Waals surface area (Å²) in [6.07, 6.45) is 0. The van der Waals surface area contributed by atoms with Gasteiger partial charge in [0.05, 0.1) is 16.5 Å². The van der Waals surface area contributed by atoms with Crippen molar-refractivity contribution in [3.05, 3.63) is 54.1 Å². The van der Waals surface area contributed by atoms with E-state index in [2.05, 4.69) is 16.4 Å². The fourth-order valence-corrected chi connectivity index (χ4v) is 2.79. The molecule has 6 heteroatoms. The Hall–Kier alpha value is -2.78. The SMILES string of the molecule is C[C@H](Sc1nc2ccccc2o1)C(=O)Nc1ccccc1C#N. The molecule has 23 heavy (non-hydrogen) atoms. The smallest absolute Gasteiger partial charge is 0.257 e. The number of rotatable bonds is 4. The number of para-hydroxylation sites is 3. The minimum atomic E-state index is -0.408. The second-order valence-electron chi connectivity index (χ2n) is 4.85. The maximum atomic E-state index is 12.3. The average molecular weight is 323 g/mol. The largest absolute Gasteiger partial charge is 0.431 e. The van der Waals surface area contributed by atoms with Crippen molar-refractivity contribution in [1.82, 2.24) is 4.98 Å². The molecule has 0 aliphatic heterocycles. The van der Waals surface area contributed by atoms with Crippen LogP contribution in [0.4, 0.5) is 5.69 Å². The van der Waals surface area contributed by atoms with Gasteiger partial charge in [0.2, 0.25) is 5.91 Å². The molecule has 5 nitrogen and oxygen atoms in total. The summed E-state index contributed by atoms with van der Waals surface area (Å²) in [5.74, 6) is -0.208. The zero-order valence-electron chi connectivity index (χ0n) is 12.3. The van der Waals surface area contributed by atoms with Crippen molar-refractivity contribution in [2.75, 3.05) is 5.32 Å². The number of fused-ring (bicyclic) bond motifs is 1. The highest BCUT2D eigenvalue weighted by Gasteiger charge is 2.19. The number of oxazole rings is 1. The van der Waals surface area contributed by atoms with Crippen LogP contribution in [0.2, 0.25) is 0 Å². The third kappa shape index (κ3) is 3.35. The number of carbonyl (C=O) groups is 1. The Morgan fingerprint density at radius 1 is 1.26 bits per heavy atom. The molecule has 0 radical (unpaired) electrons. The van der Waals surface area contributed by atoms with E-state index in [1.54, 1.807) is 31.2 Å². The zero-order valence-corrected chi connectivity index (χ0v) is 13.1. The lowest BCUT2D eigenvalue weighted by molar-refractivity contribution is -0.115. The lowest BCUT2D eigenvalue weighted by Gasteiger charge is -2.10. The number of hydrogen-bond acceptors (Lipinski definition) is 5. The molecule has 0 saturated heterocycles. The maximum absolute atomic E-state index is 12.3. The van der Waals surface area contributed by atoms with Gasteiger partial charge < -0.3 is 9.73 Å². The normalized spacial score (nSPS) is 11.8. The molecule has 114 valence electrons. The second kappa shape index (κ2) is 6.55. The van der Waals surface area contributed by atoms with E-state index in [4.69, 9.17) is 9.68 Å². The van der Waals surface area contributed by atoms with Crippen molar-refractivity contribution in [3.8, 4) is 6.07 Å². The minimum Gasteiger partial charge on any atom is -0.431 e. The van der Waals surface area contributed by atoms with Crippen LogP contribution in [0, 0.1) is 11.3 Å². The fourth-order valence-electron chi connectivity index (χ4n) is 2.03. The van der Waals surface area contributed by atoms with Gasteiger partial charge in [0.15, 0.2) is 5.58 Å². The molecule has 1 atom stereocenters. The van der Waals surface area contributed by atoms with Crippen LogP contribution in [0.15, 0.2) is 58.2 Å². The van der Waals surface area contributed by atoms with Crippen molar-refractivity contribution in [1.29, 1.82) is 5.26 Å². The molecule has 3 aromatic rings. The summed E-state index contributed by atoms with van der Waals surface area (Å²) in [7, 11) is 0. The van der Waals surface area contributed by atoms with Crippen LogP contribution in [-0.4, -0.2) is 16.1 Å². The molecule has 1 amide bonds. The van der Waals surface area contributed by atoms with Crippen LogP contribution in [0.5, 0.6) is 0 Å². The number of anilines is 1. The van der Waals surface area contributed by atoms with Crippen LogP contribution in [-0.2, 0) is 4.79 Å². The zero-order chi connectivity index (χ0) is 16.2. The Morgan fingerprint density at radius 2 is 2.00 bits per heavy atom. The van der Waals surface area contributed by atoms with E-state index in [0.717, 1.165) is 5.52 Å². The van der Waals surface area contributed by atoms with Crippen molar-refractivity contribution in [3.63, 3.8) is 0 Å². The quantitative estimate of drug-likeness (QED) is 0.738. The molecular formula is C17H13N3O2S. The standard InChI is InChI=1S/C17H13N3O2S/c1-11(16(21)19-13-7-3-2-6-12(13)10-18)23-17-20-14-8-4-5-9-15(14)22-17/h2-9,11H,1H3,(H,19,21)/t11-/m0/s1. The first-order valence-electron chi connectivity index (χ1n) is 6.99. The van der Waals surface area contributed by atoms with Gasteiger partial charge in [-0.05, 0) is 31.2 Å². The third-order valence-corrected chi connectivity index (χ3v) is 4.17. The topological polar surface area (TPSA) is 78.9 Å². The molecule has 0 fully saturated rings. The summed E-state index contributed by atoms with van der Waals surface area (Å²) in [5.41, 5.74) is 2.39. The Labute approximate surface area is 137 Å². The van der Waals surface area contributed by atoms with Crippen molar-refractivity contribution < 1.29 is 9.21 Å². The van der Waals surface area contributed by atoms with Crippen LogP contribution >= 0.6 is 11.8 Å². The highest BCUT2D eigenvalue weighted by molar-refractivity contribution is 8.00.